The fourth-order valence-electron chi connectivity index (χ4n) is 2.60. The van der Waals surface area contributed by atoms with Crippen LogP contribution in [0.4, 0.5) is 22.0 Å². The Balaban J connectivity index is 2.07. The Bertz CT molecular complexity index is 1030. The molecule has 0 fully saturated rings. The van der Waals surface area contributed by atoms with Crippen molar-refractivity contribution in [3.63, 3.8) is 0 Å². The quantitative estimate of drug-likeness (QED) is 0.281. The second-order valence-corrected chi connectivity index (χ2v) is 5.69. The van der Waals surface area contributed by atoms with Crippen LogP contribution in [0.15, 0.2) is 60.7 Å². The Labute approximate surface area is 144 Å². The first kappa shape index (κ1) is 17.8. The number of halogens is 5. The second kappa shape index (κ2) is 6.09. The van der Waals surface area contributed by atoms with Crippen LogP contribution < -0.4 is 0 Å². The molecule has 2 nitrogen and oxygen atoms in total. The van der Waals surface area contributed by atoms with Gasteiger partial charge in [-0.05, 0) is 27.6 Å². The number of carbonyl (C=O) groups excluding carboxylic acids is 1. The van der Waals surface area contributed by atoms with Gasteiger partial charge >= 0.3 is 12.1 Å². The van der Waals surface area contributed by atoms with Crippen molar-refractivity contribution in [2.24, 2.45) is 0 Å². The highest BCUT2D eigenvalue weighted by Crippen LogP contribution is 2.37. The lowest BCUT2D eigenvalue weighted by atomic mass is 9.99. The molecule has 3 rings (SSSR count). The molecule has 0 atom stereocenters. The van der Waals surface area contributed by atoms with Crippen molar-refractivity contribution < 1.29 is 31.9 Å². The van der Waals surface area contributed by atoms with Gasteiger partial charge in [0.2, 0.25) is 5.78 Å². The molecule has 0 aliphatic carbocycles. The van der Waals surface area contributed by atoms with Gasteiger partial charge in [-0.2, -0.15) is 22.0 Å². The summed E-state index contributed by atoms with van der Waals surface area (Å²) in [6.07, 6.45) is -6.12. The number of aliphatic hydroxyl groups excluding tert-OH is 1. The van der Waals surface area contributed by atoms with Crippen LogP contribution >= 0.6 is 0 Å². The molecule has 0 spiro atoms. The zero-order chi connectivity index (χ0) is 19.1. The van der Waals surface area contributed by atoms with E-state index < -0.39 is 23.6 Å². The van der Waals surface area contributed by atoms with Gasteiger partial charge in [0, 0.05) is 11.6 Å². The van der Waals surface area contributed by atoms with E-state index in [1.807, 2.05) is 30.3 Å². The Morgan fingerprint density at radius 2 is 1.42 bits per heavy atom. The molecule has 7 heteroatoms. The van der Waals surface area contributed by atoms with Crippen LogP contribution in [0.2, 0.25) is 0 Å². The summed E-state index contributed by atoms with van der Waals surface area (Å²) >= 11 is 0. The van der Waals surface area contributed by atoms with Crippen molar-refractivity contribution in [2.75, 3.05) is 0 Å². The molecule has 0 amide bonds. The van der Waals surface area contributed by atoms with E-state index in [0.29, 0.717) is 5.39 Å². The molecular formula is C19H11F5O2. The van der Waals surface area contributed by atoms with E-state index in [4.69, 9.17) is 0 Å². The molecule has 0 aliphatic heterocycles. The molecule has 0 aliphatic rings. The van der Waals surface area contributed by atoms with Crippen LogP contribution in [0.25, 0.3) is 27.3 Å². The summed E-state index contributed by atoms with van der Waals surface area (Å²) in [7, 11) is 0. The van der Waals surface area contributed by atoms with Gasteiger partial charge < -0.3 is 5.11 Å². The minimum atomic E-state index is -6.03. The highest BCUT2D eigenvalue weighted by atomic mass is 19.4. The van der Waals surface area contributed by atoms with Crippen LogP contribution in [-0.2, 0) is 4.79 Å². The van der Waals surface area contributed by atoms with Crippen LogP contribution in [0.3, 0.4) is 0 Å². The van der Waals surface area contributed by atoms with E-state index in [9.17, 15) is 31.9 Å². The summed E-state index contributed by atoms with van der Waals surface area (Å²) in [5.41, 5.74) is -0.0415. The minimum absolute atomic E-state index is 0.0415. The number of hydrogen-bond acceptors (Lipinski definition) is 2. The fraction of sp³-hybridized carbons (Fsp3) is 0.105. The van der Waals surface area contributed by atoms with Gasteiger partial charge in [0.1, 0.15) is 5.76 Å². The largest absolute Gasteiger partial charge is 0.507 e. The molecule has 0 bridgehead atoms. The molecule has 3 aromatic carbocycles. The van der Waals surface area contributed by atoms with Gasteiger partial charge in [-0.1, -0.05) is 48.5 Å². The molecule has 0 aromatic heterocycles. The molecule has 0 saturated heterocycles. The molecule has 1 N–H and O–H groups in total. The Kier molecular flexibility index (Phi) is 4.18. The van der Waals surface area contributed by atoms with Gasteiger partial charge in [-0.15, -0.1) is 0 Å². The minimum Gasteiger partial charge on any atom is -0.507 e. The highest BCUT2D eigenvalue weighted by Gasteiger charge is 2.62. The van der Waals surface area contributed by atoms with Gasteiger partial charge in [-0.3, -0.25) is 4.79 Å². The maximum absolute atomic E-state index is 13.0. The number of hydrogen-bond donors (Lipinski definition) is 1. The number of fused-ring (bicyclic) bond motifs is 3. The average molecular weight is 366 g/mol. The number of benzene rings is 3. The summed E-state index contributed by atoms with van der Waals surface area (Å²) in [6, 6.07) is 15.3. The number of allylic oxidation sites excluding steroid dienone is 1. The third-order valence-corrected chi connectivity index (χ3v) is 3.98. The summed E-state index contributed by atoms with van der Waals surface area (Å²) in [5.74, 6) is -9.06. The second-order valence-electron chi connectivity index (χ2n) is 5.69. The first-order valence-corrected chi connectivity index (χ1v) is 7.43. The van der Waals surface area contributed by atoms with Crippen LogP contribution in [0.1, 0.15) is 5.56 Å². The predicted molar refractivity (Wildman–Crippen MR) is 88.1 cm³/mol. The third kappa shape index (κ3) is 3.00. The number of carbonyl (C=O) groups is 1. The van der Waals surface area contributed by atoms with Crippen molar-refractivity contribution in [3.8, 4) is 0 Å². The summed E-state index contributed by atoms with van der Waals surface area (Å²) < 4.78 is 62.8. The Morgan fingerprint density at radius 1 is 0.846 bits per heavy atom. The van der Waals surface area contributed by atoms with E-state index in [2.05, 4.69) is 0 Å². The lowest BCUT2D eigenvalue weighted by molar-refractivity contribution is -0.266. The maximum atomic E-state index is 13.0. The molecule has 134 valence electrons. The lowest BCUT2D eigenvalue weighted by Gasteiger charge is -2.16. The number of rotatable bonds is 3. The van der Waals surface area contributed by atoms with E-state index in [1.54, 1.807) is 12.1 Å². The first-order chi connectivity index (χ1) is 12.1. The third-order valence-electron chi connectivity index (χ3n) is 3.98. The monoisotopic (exact) mass is 366 g/mol. The van der Waals surface area contributed by atoms with Crippen molar-refractivity contribution >= 4 is 33.1 Å². The molecule has 0 unspecified atom stereocenters. The van der Waals surface area contributed by atoms with Crippen molar-refractivity contribution in [3.05, 3.63) is 66.2 Å². The molecule has 26 heavy (non-hydrogen) atoms. The molecule has 0 radical (unpaired) electrons. The van der Waals surface area contributed by atoms with Crippen molar-refractivity contribution in [1.82, 2.24) is 0 Å². The van der Waals surface area contributed by atoms with Crippen molar-refractivity contribution in [2.45, 2.75) is 12.1 Å². The van der Waals surface area contributed by atoms with Crippen molar-refractivity contribution in [1.29, 1.82) is 0 Å². The summed E-state index contributed by atoms with van der Waals surface area (Å²) in [4.78, 5) is 11.3. The van der Waals surface area contributed by atoms with Gasteiger partial charge in [0.25, 0.3) is 0 Å². The normalized spacial score (nSPS) is 13.3. The Hall–Kier alpha value is -2.96. The zero-order valence-corrected chi connectivity index (χ0v) is 13.0. The first-order valence-electron chi connectivity index (χ1n) is 7.43. The van der Waals surface area contributed by atoms with E-state index >= 15 is 0 Å². The summed E-state index contributed by atoms with van der Waals surface area (Å²) in [5, 5.41) is 13.0. The topological polar surface area (TPSA) is 37.3 Å². The Morgan fingerprint density at radius 3 is 2.08 bits per heavy atom. The average Bonchev–Trinajstić information content (AvgIpc) is 2.60. The van der Waals surface area contributed by atoms with Crippen LogP contribution in [0, 0.1) is 0 Å². The fourth-order valence-corrected chi connectivity index (χ4v) is 2.60. The highest BCUT2D eigenvalue weighted by molar-refractivity contribution is 6.08. The predicted octanol–water partition coefficient (Wildman–Crippen LogP) is 5.66. The lowest BCUT2D eigenvalue weighted by Crippen LogP contribution is -2.43. The van der Waals surface area contributed by atoms with E-state index in [-0.39, 0.29) is 11.6 Å². The van der Waals surface area contributed by atoms with Gasteiger partial charge in [0.05, 0.1) is 0 Å². The van der Waals surface area contributed by atoms with E-state index in [1.165, 1.54) is 12.1 Å². The van der Waals surface area contributed by atoms with Crippen LogP contribution in [-0.4, -0.2) is 23.0 Å². The van der Waals surface area contributed by atoms with Crippen LogP contribution in [0.5, 0.6) is 0 Å². The SMILES string of the molecule is O=C(/C=C(\O)c1ccc2ccc3ccccc3c2c1)C(F)(F)C(F)(F)F. The maximum Gasteiger partial charge on any atom is 0.461 e. The standard InChI is InChI=1S/C19H11F5O2/c20-18(21,19(22,23)24)17(26)10-16(25)13-8-7-12-6-5-11-3-1-2-4-14(11)15(12)9-13/h1-10,25H/b16-10-. The number of aliphatic hydroxyl groups is 1. The van der Waals surface area contributed by atoms with Gasteiger partial charge in [-0.25, -0.2) is 0 Å². The smallest absolute Gasteiger partial charge is 0.461 e. The molecular weight excluding hydrogens is 355 g/mol. The number of alkyl halides is 5. The summed E-state index contributed by atoms with van der Waals surface area (Å²) in [6.45, 7) is 0. The number of ketones is 1. The zero-order valence-electron chi connectivity index (χ0n) is 13.0. The van der Waals surface area contributed by atoms with E-state index in [0.717, 1.165) is 16.2 Å². The molecule has 0 saturated carbocycles. The molecule has 0 heterocycles. The molecule has 3 aromatic rings. The van der Waals surface area contributed by atoms with Gasteiger partial charge in [0.15, 0.2) is 0 Å².